The summed E-state index contributed by atoms with van der Waals surface area (Å²) in [6.45, 7) is 2.98. The Hall–Kier alpha value is -2.67. The van der Waals surface area contributed by atoms with E-state index in [1.807, 2.05) is 12.2 Å². The zero-order chi connectivity index (χ0) is 21.6. The van der Waals surface area contributed by atoms with Crippen LogP contribution in [-0.2, 0) is 23.9 Å². The molecule has 1 N–H and O–H groups in total. The minimum absolute atomic E-state index is 0.0637. The van der Waals surface area contributed by atoms with Crippen LogP contribution in [0.3, 0.4) is 0 Å². The standard InChI is InChI=1S/C22H23ClN2O5/c1-11(2)19(22(29)30-10-16(26)24-15-5-3-4-14(23)9-15)25-20(27)17-12-6-7-13(8-12)18(17)21(25)28/h3-7,9,11-13,17-19H,8,10H2,1-2H3,(H,24,26)/t12-,13-,17-,18+,19-/m0/s1. The molecule has 2 bridgehead atoms. The van der Waals surface area contributed by atoms with Gasteiger partial charge in [0.1, 0.15) is 6.04 Å². The van der Waals surface area contributed by atoms with Crippen molar-refractivity contribution in [2.75, 3.05) is 11.9 Å². The zero-order valence-corrected chi connectivity index (χ0v) is 17.5. The van der Waals surface area contributed by atoms with Gasteiger partial charge in [0.2, 0.25) is 11.8 Å². The third kappa shape index (κ3) is 3.51. The molecular weight excluding hydrogens is 408 g/mol. The third-order valence-electron chi connectivity index (χ3n) is 6.11. The summed E-state index contributed by atoms with van der Waals surface area (Å²) < 4.78 is 5.18. The van der Waals surface area contributed by atoms with E-state index in [1.165, 1.54) is 0 Å². The van der Waals surface area contributed by atoms with Gasteiger partial charge in [-0.2, -0.15) is 0 Å². The van der Waals surface area contributed by atoms with Crippen molar-refractivity contribution in [1.29, 1.82) is 0 Å². The van der Waals surface area contributed by atoms with E-state index in [-0.39, 0.29) is 41.4 Å². The Kier molecular flexibility index (Phi) is 5.40. The predicted molar refractivity (Wildman–Crippen MR) is 109 cm³/mol. The van der Waals surface area contributed by atoms with Gasteiger partial charge in [0, 0.05) is 10.7 Å². The molecule has 3 aliphatic rings. The van der Waals surface area contributed by atoms with Crippen molar-refractivity contribution in [1.82, 2.24) is 4.90 Å². The van der Waals surface area contributed by atoms with Crippen molar-refractivity contribution in [3.63, 3.8) is 0 Å². The van der Waals surface area contributed by atoms with Crippen LogP contribution in [0, 0.1) is 29.6 Å². The highest BCUT2D eigenvalue weighted by molar-refractivity contribution is 6.30. The second-order valence-electron chi connectivity index (χ2n) is 8.40. The number of allylic oxidation sites excluding steroid dienone is 2. The summed E-state index contributed by atoms with van der Waals surface area (Å²) in [7, 11) is 0. The molecule has 1 saturated carbocycles. The number of carbonyl (C=O) groups is 4. The van der Waals surface area contributed by atoms with E-state index in [4.69, 9.17) is 16.3 Å². The monoisotopic (exact) mass is 430 g/mol. The summed E-state index contributed by atoms with van der Waals surface area (Å²) in [5, 5.41) is 3.05. The molecule has 158 valence electrons. The van der Waals surface area contributed by atoms with Crippen LogP contribution >= 0.6 is 11.6 Å². The first-order valence-electron chi connectivity index (χ1n) is 10.0. The Morgan fingerprint density at radius 2 is 1.80 bits per heavy atom. The number of nitrogens with one attached hydrogen (secondary N) is 1. The molecule has 0 radical (unpaired) electrons. The van der Waals surface area contributed by atoms with Crippen LogP contribution in [0.5, 0.6) is 0 Å². The Labute approximate surface area is 179 Å². The van der Waals surface area contributed by atoms with Crippen LogP contribution in [-0.4, -0.2) is 41.2 Å². The molecule has 5 atom stereocenters. The van der Waals surface area contributed by atoms with Gasteiger partial charge in [0.05, 0.1) is 11.8 Å². The first-order chi connectivity index (χ1) is 14.3. The molecular formula is C22H23ClN2O5. The fraction of sp³-hybridized carbons (Fsp3) is 0.455. The molecule has 3 amide bonds. The fourth-order valence-corrected chi connectivity index (χ4v) is 5.05. The summed E-state index contributed by atoms with van der Waals surface area (Å²) in [5.41, 5.74) is 0.477. The van der Waals surface area contributed by atoms with Gasteiger partial charge in [-0.25, -0.2) is 4.79 Å². The molecule has 2 aliphatic carbocycles. The lowest BCUT2D eigenvalue weighted by Gasteiger charge is -2.28. The van der Waals surface area contributed by atoms with Gasteiger partial charge in [-0.15, -0.1) is 0 Å². The van der Waals surface area contributed by atoms with Crippen LogP contribution in [0.2, 0.25) is 5.02 Å². The van der Waals surface area contributed by atoms with E-state index in [0.29, 0.717) is 10.7 Å². The van der Waals surface area contributed by atoms with Crippen LogP contribution in [0.25, 0.3) is 0 Å². The third-order valence-corrected chi connectivity index (χ3v) is 6.34. The van der Waals surface area contributed by atoms with Crippen molar-refractivity contribution in [3.8, 4) is 0 Å². The van der Waals surface area contributed by atoms with Crippen molar-refractivity contribution < 1.29 is 23.9 Å². The van der Waals surface area contributed by atoms with Crippen LogP contribution in [0.15, 0.2) is 36.4 Å². The highest BCUT2D eigenvalue weighted by atomic mass is 35.5. The van der Waals surface area contributed by atoms with E-state index in [1.54, 1.807) is 38.1 Å². The Balaban J connectivity index is 1.42. The number of anilines is 1. The number of hydrogen-bond acceptors (Lipinski definition) is 5. The Morgan fingerprint density at radius 1 is 1.17 bits per heavy atom. The van der Waals surface area contributed by atoms with Gasteiger partial charge < -0.3 is 10.1 Å². The molecule has 7 nitrogen and oxygen atoms in total. The number of imide groups is 1. The topological polar surface area (TPSA) is 92.8 Å². The number of carbonyl (C=O) groups excluding carboxylic acids is 4. The van der Waals surface area contributed by atoms with Gasteiger partial charge >= 0.3 is 5.97 Å². The minimum atomic E-state index is -1.05. The Bertz CT molecular complexity index is 913. The van der Waals surface area contributed by atoms with Crippen molar-refractivity contribution in [3.05, 3.63) is 41.4 Å². The smallest absolute Gasteiger partial charge is 0.330 e. The summed E-state index contributed by atoms with van der Waals surface area (Å²) in [6.07, 6.45) is 4.83. The normalized spacial score (nSPS) is 27.5. The maximum Gasteiger partial charge on any atom is 0.330 e. The fourth-order valence-electron chi connectivity index (χ4n) is 4.86. The van der Waals surface area contributed by atoms with Gasteiger partial charge in [0.15, 0.2) is 6.61 Å². The van der Waals surface area contributed by atoms with E-state index in [2.05, 4.69) is 5.32 Å². The summed E-state index contributed by atoms with van der Waals surface area (Å²) >= 11 is 5.89. The SMILES string of the molecule is CC(C)[C@@H](C(=O)OCC(=O)Nc1cccc(Cl)c1)N1C(=O)[C@@H]2[C@H](C1=O)[C@H]1C=C[C@H]2C1. The highest BCUT2D eigenvalue weighted by Crippen LogP contribution is 2.53. The maximum atomic E-state index is 13.0. The highest BCUT2D eigenvalue weighted by Gasteiger charge is 2.61. The molecule has 1 aromatic carbocycles. The van der Waals surface area contributed by atoms with Gasteiger partial charge in [-0.1, -0.05) is 43.7 Å². The van der Waals surface area contributed by atoms with Crippen LogP contribution < -0.4 is 5.32 Å². The molecule has 1 aromatic rings. The largest absolute Gasteiger partial charge is 0.454 e. The molecule has 0 unspecified atom stereocenters. The first kappa shape index (κ1) is 20.6. The number of halogens is 1. The minimum Gasteiger partial charge on any atom is -0.454 e. The number of amides is 3. The number of nitrogens with zero attached hydrogens (tertiary/aromatic N) is 1. The van der Waals surface area contributed by atoms with Crippen LogP contribution in [0.1, 0.15) is 20.3 Å². The van der Waals surface area contributed by atoms with E-state index >= 15 is 0 Å². The zero-order valence-electron chi connectivity index (χ0n) is 16.7. The quantitative estimate of drug-likeness (QED) is 0.425. The van der Waals surface area contributed by atoms with Crippen molar-refractivity contribution in [2.24, 2.45) is 29.6 Å². The number of hydrogen-bond donors (Lipinski definition) is 1. The molecule has 1 saturated heterocycles. The molecule has 4 rings (SSSR count). The number of likely N-dealkylation sites (tertiary alicyclic amines) is 1. The molecule has 8 heteroatoms. The maximum absolute atomic E-state index is 13.0. The Morgan fingerprint density at radius 3 is 2.37 bits per heavy atom. The van der Waals surface area contributed by atoms with E-state index in [9.17, 15) is 19.2 Å². The summed E-state index contributed by atoms with van der Waals surface area (Å²) in [6, 6.07) is 5.54. The molecule has 1 heterocycles. The molecule has 1 aliphatic heterocycles. The summed E-state index contributed by atoms with van der Waals surface area (Å²) in [5.74, 6) is -2.88. The van der Waals surface area contributed by atoms with E-state index in [0.717, 1.165) is 11.3 Å². The lowest BCUT2D eigenvalue weighted by molar-refractivity contribution is -0.162. The average Bonchev–Trinajstić information content (AvgIpc) is 3.36. The lowest BCUT2D eigenvalue weighted by atomic mass is 9.85. The van der Waals surface area contributed by atoms with Gasteiger partial charge in [-0.3, -0.25) is 19.3 Å². The molecule has 30 heavy (non-hydrogen) atoms. The average molecular weight is 431 g/mol. The number of esters is 1. The lowest BCUT2D eigenvalue weighted by Crippen LogP contribution is -2.50. The first-order valence-corrected chi connectivity index (χ1v) is 10.4. The van der Waals surface area contributed by atoms with Gasteiger partial charge in [0.25, 0.3) is 5.91 Å². The number of ether oxygens (including phenoxy) is 1. The van der Waals surface area contributed by atoms with Crippen LogP contribution in [0.4, 0.5) is 5.69 Å². The molecule has 2 fully saturated rings. The molecule has 0 aromatic heterocycles. The number of benzene rings is 1. The summed E-state index contributed by atoms with van der Waals surface area (Å²) in [4.78, 5) is 52.1. The van der Waals surface area contributed by atoms with E-state index < -0.39 is 24.5 Å². The molecule has 0 spiro atoms. The number of fused-ring (bicyclic) bond motifs is 5. The second-order valence-corrected chi connectivity index (χ2v) is 8.84. The van der Waals surface area contributed by atoms with Crippen molar-refractivity contribution in [2.45, 2.75) is 26.3 Å². The van der Waals surface area contributed by atoms with Gasteiger partial charge in [-0.05, 0) is 42.4 Å². The van der Waals surface area contributed by atoms with Crippen molar-refractivity contribution >= 4 is 41.0 Å². The predicted octanol–water partition coefficient (Wildman–Crippen LogP) is 2.65. The number of rotatable bonds is 6. The second kappa shape index (κ2) is 7.87.